The van der Waals surface area contributed by atoms with Crippen LogP contribution in [0.1, 0.15) is 61.6 Å². The number of hydrogen-bond donors (Lipinski definition) is 1. The van der Waals surface area contributed by atoms with Gasteiger partial charge in [0, 0.05) is 32.2 Å². The van der Waals surface area contributed by atoms with Crippen molar-refractivity contribution in [3.05, 3.63) is 47.5 Å². The topological polar surface area (TPSA) is 110 Å². The standard InChI is InChI=1S/C28H35FN6O4S/c1-18(2)26-25-24(34-11-9-20(10-12-34)33-13-15-39-16-14-33)17-23(28(36)32-40(37,38)22-7-8-22)30-27(25)35(31-26)21-5-3-19(29)4-6-21/h3-6,17-18,20,22H,7-16H2,1-2H3,(H,32,36). The summed E-state index contributed by atoms with van der Waals surface area (Å²) in [6.07, 6.45) is 3.02. The summed E-state index contributed by atoms with van der Waals surface area (Å²) in [5, 5.41) is 5.17. The molecule has 2 saturated heterocycles. The van der Waals surface area contributed by atoms with Crippen molar-refractivity contribution in [2.45, 2.75) is 56.7 Å². The van der Waals surface area contributed by atoms with E-state index in [1.165, 1.54) is 12.1 Å². The molecule has 1 N–H and O–H groups in total. The summed E-state index contributed by atoms with van der Waals surface area (Å²) in [6, 6.07) is 8.12. The zero-order valence-corrected chi connectivity index (χ0v) is 23.7. The minimum Gasteiger partial charge on any atom is -0.379 e. The van der Waals surface area contributed by atoms with Crippen LogP contribution in [0.3, 0.4) is 0 Å². The lowest BCUT2D eigenvalue weighted by Gasteiger charge is -2.41. The lowest BCUT2D eigenvalue weighted by Crippen LogP contribution is -2.49. The number of ether oxygens (including phenoxy) is 1. The number of pyridine rings is 1. The van der Waals surface area contributed by atoms with Crippen molar-refractivity contribution in [2.75, 3.05) is 44.3 Å². The van der Waals surface area contributed by atoms with Gasteiger partial charge in [0.1, 0.15) is 11.5 Å². The van der Waals surface area contributed by atoms with E-state index in [-0.39, 0.29) is 17.4 Å². The number of halogens is 1. The number of fused-ring (bicyclic) bond motifs is 1. The van der Waals surface area contributed by atoms with E-state index in [0.29, 0.717) is 30.2 Å². The van der Waals surface area contributed by atoms with Crippen molar-refractivity contribution < 1.29 is 22.3 Å². The van der Waals surface area contributed by atoms with Crippen LogP contribution in [0.25, 0.3) is 16.7 Å². The summed E-state index contributed by atoms with van der Waals surface area (Å²) >= 11 is 0. The van der Waals surface area contributed by atoms with Crippen LogP contribution in [0.4, 0.5) is 10.1 Å². The monoisotopic (exact) mass is 570 g/mol. The van der Waals surface area contributed by atoms with Crippen LogP contribution in [0.5, 0.6) is 0 Å². The Bertz CT molecular complexity index is 1510. The largest absolute Gasteiger partial charge is 0.379 e. The number of hydrogen-bond acceptors (Lipinski definition) is 8. The van der Waals surface area contributed by atoms with E-state index >= 15 is 0 Å². The number of amides is 1. The van der Waals surface area contributed by atoms with Crippen LogP contribution in [0, 0.1) is 5.82 Å². The van der Waals surface area contributed by atoms with Crippen LogP contribution in [0.15, 0.2) is 30.3 Å². The van der Waals surface area contributed by atoms with E-state index in [0.717, 1.165) is 69.0 Å². The number of benzene rings is 1. The van der Waals surface area contributed by atoms with Gasteiger partial charge in [-0.3, -0.25) is 9.69 Å². The first kappa shape index (κ1) is 27.1. The molecule has 1 aromatic carbocycles. The van der Waals surface area contributed by atoms with Crippen molar-refractivity contribution in [3.63, 3.8) is 0 Å². The molecule has 12 heteroatoms. The lowest BCUT2D eigenvalue weighted by molar-refractivity contribution is 0.0115. The van der Waals surface area contributed by atoms with Crippen molar-refractivity contribution in [3.8, 4) is 5.69 Å². The Hall–Kier alpha value is -3.09. The van der Waals surface area contributed by atoms with Crippen LogP contribution in [-0.4, -0.2) is 84.7 Å². The van der Waals surface area contributed by atoms with Crippen molar-refractivity contribution in [1.82, 2.24) is 24.4 Å². The third-order valence-electron chi connectivity index (χ3n) is 8.06. The first-order valence-electron chi connectivity index (χ1n) is 14.0. The SMILES string of the molecule is CC(C)c1nn(-c2ccc(F)cc2)c2nc(C(=O)NS(=O)(=O)C3CC3)cc(N3CCC(N4CCOCC4)CC3)c12. The average molecular weight is 571 g/mol. The number of aromatic nitrogens is 3. The Morgan fingerprint density at radius 3 is 2.35 bits per heavy atom. The van der Waals surface area contributed by atoms with Gasteiger partial charge < -0.3 is 9.64 Å². The van der Waals surface area contributed by atoms with Gasteiger partial charge in [-0.05, 0) is 61.9 Å². The fraction of sp³-hybridized carbons (Fsp3) is 0.536. The van der Waals surface area contributed by atoms with Crippen LogP contribution in [-0.2, 0) is 14.8 Å². The highest BCUT2D eigenvalue weighted by molar-refractivity contribution is 7.91. The third kappa shape index (κ3) is 5.31. The Balaban J connectivity index is 1.43. The van der Waals surface area contributed by atoms with Gasteiger partial charge in [0.15, 0.2) is 5.65 Å². The molecule has 0 atom stereocenters. The molecule has 1 amide bonds. The minimum atomic E-state index is -3.75. The fourth-order valence-corrected chi connectivity index (χ4v) is 7.00. The first-order valence-corrected chi connectivity index (χ1v) is 15.6. The third-order valence-corrected chi connectivity index (χ3v) is 9.88. The summed E-state index contributed by atoms with van der Waals surface area (Å²) in [6.45, 7) is 9.05. The molecule has 0 radical (unpaired) electrons. The number of anilines is 1. The second kappa shape index (κ2) is 10.7. The summed E-state index contributed by atoms with van der Waals surface area (Å²) in [5.74, 6) is -1.08. The van der Waals surface area contributed by atoms with Gasteiger partial charge in [-0.15, -0.1) is 0 Å². The summed E-state index contributed by atoms with van der Waals surface area (Å²) in [7, 11) is -3.75. The predicted molar refractivity (Wildman–Crippen MR) is 150 cm³/mol. The van der Waals surface area contributed by atoms with Crippen molar-refractivity contribution in [2.24, 2.45) is 0 Å². The van der Waals surface area contributed by atoms with Gasteiger partial charge in [-0.2, -0.15) is 5.10 Å². The minimum absolute atomic E-state index is 0.0144. The molecule has 2 aliphatic heterocycles. The van der Waals surface area contributed by atoms with Gasteiger partial charge in [0.25, 0.3) is 5.91 Å². The highest BCUT2D eigenvalue weighted by atomic mass is 32.2. The van der Waals surface area contributed by atoms with E-state index in [1.807, 2.05) is 13.8 Å². The maximum Gasteiger partial charge on any atom is 0.283 e. The number of sulfonamides is 1. The lowest BCUT2D eigenvalue weighted by atomic mass is 10.00. The fourth-order valence-electron chi connectivity index (χ4n) is 5.71. The highest BCUT2D eigenvalue weighted by Crippen LogP contribution is 2.37. The van der Waals surface area contributed by atoms with Crippen LogP contribution >= 0.6 is 0 Å². The molecule has 3 aliphatic rings. The van der Waals surface area contributed by atoms with Crippen molar-refractivity contribution in [1.29, 1.82) is 0 Å². The molecule has 4 heterocycles. The number of morpholine rings is 1. The second-order valence-electron chi connectivity index (χ2n) is 11.2. The maximum absolute atomic E-state index is 13.7. The Morgan fingerprint density at radius 1 is 1.05 bits per heavy atom. The molecule has 3 fully saturated rings. The molecular formula is C28H35FN6O4S. The molecule has 0 unspecified atom stereocenters. The van der Waals surface area contributed by atoms with Gasteiger partial charge in [0.05, 0.1) is 40.9 Å². The Kier molecular flexibility index (Phi) is 7.26. The molecule has 0 spiro atoms. The molecule has 40 heavy (non-hydrogen) atoms. The summed E-state index contributed by atoms with van der Waals surface area (Å²) in [5.41, 5.74) is 2.69. The average Bonchev–Trinajstić information content (AvgIpc) is 3.75. The molecule has 10 nitrogen and oxygen atoms in total. The molecule has 2 aromatic heterocycles. The summed E-state index contributed by atoms with van der Waals surface area (Å²) < 4.78 is 48.3. The van der Waals surface area contributed by atoms with E-state index in [1.54, 1.807) is 22.9 Å². The quantitative estimate of drug-likeness (QED) is 0.461. The molecule has 6 rings (SSSR count). The zero-order valence-electron chi connectivity index (χ0n) is 22.8. The maximum atomic E-state index is 13.7. The number of carbonyl (C=O) groups excluding carboxylic acids is 1. The summed E-state index contributed by atoms with van der Waals surface area (Å²) in [4.78, 5) is 22.7. The van der Waals surface area contributed by atoms with Gasteiger partial charge in [0.2, 0.25) is 10.0 Å². The zero-order chi connectivity index (χ0) is 28.0. The predicted octanol–water partition coefficient (Wildman–Crippen LogP) is 3.21. The Morgan fingerprint density at radius 2 is 1.73 bits per heavy atom. The molecule has 1 aliphatic carbocycles. The van der Waals surface area contributed by atoms with E-state index in [9.17, 15) is 17.6 Å². The Labute approximate surface area is 233 Å². The smallest absolute Gasteiger partial charge is 0.283 e. The van der Waals surface area contributed by atoms with E-state index in [4.69, 9.17) is 9.84 Å². The normalized spacial score (nSPS) is 19.4. The van der Waals surface area contributed by atoms with Gasteiger partial charge >= 0.3 is 0 Å². The molecule has 1 saturated carbocycles. The number of nitrogens with one attached hydrogen (secondary N) is 1. The number of carbonyl (C=O) groups is 1. The first-order chi connectivity index (χ1) is 19.2. The highest BCUT2D eigenvalue weighted by Gasteiger charge is 2.38. The molecular weight excluding hydrogens is 535 g/mol. The van der Waals surface area contributed by atoms with Gasteiger partial charge in [-0.25, -0.2) is 27.2 Å². The second-order valence-corrected chi connectivity index (χ2v) is 13.2. The number of nitrogens with zero attached hydrogens (tertiary/aromatic N) is 5. The molecule has 0 bridgehead atoms. The van der Waals surface area contributed by atoms with Crippen LogP contribution < -0.4 is 9.62 Å². The molecule has 214 valence electrons. The van der Waals surface area contributed by atoms with Crippen molar-refractivity contribution >= 4 is 32.7 Å². The number of rotatable bonds is 7. The van der Waals surface area contributed by atoms with Crippen LogP contribution in [0.2, 0.25) is 0 Å². The van der Waals surface area contributed by atoms with Gasteiger partial charge in [-0.1, -0.05) is 13.8 Å². The van der Waals surface area contributed by atoms with E-state index < -0.39 is 21.2 Å². The molecule has 3 aromatic rings. The van der Waals surface area contributed by atoms with E-state index in [2.05, 4.69) is 19.5 Å². The number of piperidine rings is 1.